The van der Waals surface area contributed by atoms with Crippen molar-refractivity contribution in [1.82, 2.24) is 36.0 Å². The molecule has 1 aliphatic rings. The van der Waals surface area contributed by atoms with Crippen LogP contribution in [0.3, 0.4) is 0 Å². The van der Waals surface area contributed by atoms with Crippen LogP contribution >= 0.6 is 11.3 Å². The van der Waals surface area contributed by atoms with Gasteiger partial charge in [-0.25, -0.2) is 9.97 Å². The summed E-state index contributed by atoms with van der Waals surface area (Å²) in [6.07, 6.45) is 0.258. The smallest absolute Gasteiger partial charge is 0.274 e. The average Bonchev–Trinajstić information content (AvgIpc) is 3.75. The molecule has 0 unspecified atom stereocenters. The van der Waals surface area contributed by atoms with Gasteiger partial charge in [-0.1, -0.05) is 49.3 Å². The molecule has 0 saturated carbocycles. The number of aryl methyl sites for hydroxylation is 2. The van der Waals surface area contributed by atoms with Crippen molar-refractivity contribution in [3.63, 3.8) is 0 Å². The number of nitrogens with zero attached hydrogens (tertiary/aromatic N) is 4. The molecule has 4 aromatic rings. The second kappa shape index (κ2) is 14.1. The van der Waals surface area contributed by atoms with E-state index >= 15 is 0 Å². The SMILES string of the molecule is Cc1cc(CC(=O)N2CC(=O)N[C@@H](C(C)C)c3nc(c(C)o3)C(=O)N[C@H](C)c3nc(cs3)C(=O)N[C@H](Cc3ccccc3)C2)on1. The number of benzene rings is 1. The van der Waals surface area contributed by atoms with Crippen LogP contribution in [0.15, 0.2) is 50.7 Å². The van der Waals surface area contributed by atoms with Crippen molar-refractivity contribution in [2.24, 2.45) is 5.92 Å². The Morgan fingerprint density at radius 3 is 2.52 bits per heavy atom. The van der Waals surface area contributed by atoms with Crippen LogP contribution in [-0.4, -0.2) is 62.8 Å². The first-order valence-corrected chi connectivity index (χ1v) is 15.9. The third-order valence-electron chi connectivity index (χ3n) is 7.54. The Bertz CT molecular complexity index is 1710. The first kappa shape index (κ1) is 32.5. The maximum Gasteiger partial charge on any atom is 0.274 e. The molecule has 3 atom stereocenters. The summed E-state index contributed by atoms with van der Waals surface area (Å²) in [7, 11) is 0. The van der Waals surface area contributed by atoms with E-state index in [1.807, 2.05) is 44.2 Å². The van der Waals surface area contributed by atoms with Crippen molar-refractivity contribution in [3.05, 3.63) is 86.8 Å². The number of carbonyl (C=O) groups excluding carboxylic acids is 4. The molecule has 1 aromatic carbocycles. The number of thiazole rings is 1. The molecule has 14 heteroatoms. The van der Waals surface area contributed by atoms with E-state index in [-0.39, 0.29) is 48.6 Å². The van der Waals surface area contributed by atoms with E-state index in [1.165, 1.54) is 16.2 Å². The summed E-state index contributed by atoms with van der Waals surface area (Å²) < 4.78 is 11.2. The highest BCUT2D eigenvalue weighted by molar-refractivity contribution is 7.09. The van der Waals surface area contributed by atoms with Gasteiger partial charge >= 0.3 is 0 Å². The van der Waals surface area contributed by atoms with Gasteiger partial charge in [0.15, 0.2) is 5.69 Å². The molecule has 0 saturated heterocycles. The fourth-order valence-corrected chi connectivity index (χ4v) is 5.99. The molecule has 4 bridgehead atoms. The van der Waals surface area contributed by atoms with Crippen LogP contribution in [0.5, 0.6) is 0 Å². The number of fused-ring (bicyclic) bond motifs is 4. The minimum absolute atomic E-state index is 0.0259. The molecule has 4 amide bonds. The fourth-order valence-electron chi connectivity index (χ4n) is 5.18. The molecular weight excluding hydrogens is 610 g/mol. The maximum absolute atomic E-state index is 13.7. The highest BCUT2D eigenvalue weighted by Gasteiger charge is 2.31. The van der Waals surface area contributed by atoms with Gasteiger partial charge in [-0.3, -0.25) is 19.2 Å². The highest BCUT2D eigenvalue weighted by Crippen LogP contribution is 2.25. The van der Waals surface area contributed by atoms with Crippen LogP contribution in [-0.2, 0) is 22.4 Å². The van der Waals surface area contributed by atoms with Gasteiger partial charge in [-0.2, -0.15) is 0 Å². The lowest BCUT2D eigenvalue weighted by atomic mass is 10.0. The second-order valence-corrected chi connectivity index (χ2v) is 12.6. The molecule has 0 spiro atoms. The molecule has 0 aliphatic carbocycles. The summed E-state index contributed by atoms with van der Waals surface area (Å²) in [5, 5.41) is 14.9. The molecule has 4 heterocycles. The van der Waals surface area contributed by atoms with Crippen molar-refractivity contribution in [2.45, 2.75) is 65.6 Å². The fraction of sp³-hybridized carbons (Fsp3) is 0.406. The number of aromatic nitrogens is 3. The van der Waals surface area contributed by atoms with Crippen LogP contribution in [0.2, 0.25) is 0 Å². The molecule has 5 rings (SSSR count). The normalized spacial score (nSPS) is 19.7. The van der Waals surface area contributed by atoms with Crippen LogP contribution in [0, 0.1) is 19.8 Å². The van der Waals surface area contributed by atoms with Crippen LogP contribution in [0.1, 0.15) is 87.5 Å². The third-order valence-corrected chi connectivity index (χ3v) is 8.57. The second-order valence-electron chi connectivity index (χ2n) is 11.8. The Hall–Kier alpha value is -4.85. The van der Waals surface area contributed by atoms with Crippen molar-refractivity contribution in [2.75, 3.05) is 13.1 Å². The summed E-state index contributed by atoms with van der Waals surface area (Å²) in [5.41, 5.74) is 1.82. The zero-order chi connectivity index (χ0) is 33.0. The Morgan fingerprint density at radius 1 is 1.07 bits per heavy atom. The largest absolute Gasteiger partial charge is 0.443 e. The highest BCUT2D eigenvalue weighted by atomic mass is 32.1. The predicted octanol–water partition coefficient (Wildman–Crippen LogP) is 3.47. The first-order chi connectivity index (χ1) is 22.0. The Morgan fingerprint density at radius 2 is 1.83 bits per heavy atom. The predicted molar refractivity (Wildman–Crippen MR) is 168 cm³/mol. The van der Waals surface area contributed by atoms with Crippen molar-refractivity contribution < 1.29 is 28.1 Å². The van der Waals surface area contributed by atoms with Gasteiger partial charge < -0.3 is 29.8 Å². The minimum Gasteiger partial charge on any atom is -0.443 e. The molecular formula is C32H37N7O6S. The van der Waals surface area contributed by atoms with E-state index < -0.39 is 35.8 Å². The van der Waals surface area contributed by atoms with Gasteiger partial charge in [0.1, 0.15) is 28.3 Å². The number of carbonyl (C=O) groups is 4. The summed E-state index contributed by atoms with van der Waals surface area (Å²) in [6.45, 7) is 8.63. The quantitative estimate of drug-likeness (QED) is 0.293. The third kappa shape index (κ3) is 7.86. The number of rotatable bonds is 5. The Balaban J connectivity index is 1.52. The molecule has 13 nitrogen and oxygen atoms in total. The van der Waals surface area contributed by atoms with Crippen molar-refractivity contribution in [1.29, 1.82) is 0 Å². The van der Waals surface area contributed by atoms with E-state index in [2.05, 4.69) is 31.1 Å². The standard InChI is InChI=1S/C32H37N7O6S/c1-17(2)27-31-37-28(20(5)44-31)30(43)33-19(4)32-35-24(16-46-32)29(42)34-22(12-21-9-7-6-8-10-21)14-39(15-25(40)36-27)26(41)13-23-11-18(3)38-45-23/h6-11,16-17,19,22,27H,12-15H2,1-5H3,(H,33,43)(H,34,42)(H,36,40)/t19-,22-,27+/m1/s1. The zero-order valence-corrected chi connectivity index (χ0v) is 27.1. The van der Waals surface area contributed by atoms with Crippen LogP contribution in [0.25, 0.3) is 0 Å². The van der Waals surface area contributed by atoms with Gasteiger partial charge in [0.2, 0.25) is 17.7 Å². The molecule has 46 heavy (non-hydrogen) atoms. The molecule has 242 valence electrons. The van der Waals surface area contributed by atoms with Crippen molar-refractivity contribution >= 4 is 35.0 Å². The average molecular weight is 648 g/mol. The molecule has 3 aromatic heterocycles. The van der Waals surface area contributed by atoms with E-state index in [4.69, 9.17) is 8.94 Å². The Kier molecular flexibility index (Phi) is 9.95. The van der Waals surface area contributed by atoms with Gasteiger partial charge in [0, 0.05) is 18.0 Å². The molecule has 0 radical (unpaired) electrons. The summed E-state index contributed by atoms with van der Waals surface area (Å²) in [4.78, 5) is 64.4. The van der Waals surface area contributed by atoms with Crippen LogP contribution < -0.4 is 16.0 Å². The molecule has 1 aliphatic heterocycles. The number of hydrogen-bond donors (Lipinski definition) is 3. The number of nitrogens with one attached hydrogen (secondary N) is 3. The number of oxazole rings is 1. The van der Waals surface area contributed by atoms with Crippen molar-refractivity contribution in [3.8, 4) is 0 Å². The lowest BCUT2D eigenvalue weighted by molar-refractivity contribution is -0.136. The van der Waals surface area contributed by atoms with Gasteiger partial charge in [-0.05, 0) is 38.7 Å². The van der Waals surface area contributed by atoms with Gasteiger partial charge in [0.25, 0.3) is 11.8 Å². The van der Waals surface area contributed by atoms with Gasteiger partial charge in [0.05, 0.1) is 30.7 Å². The molecule has 3 N–H and O–H groups in total. The van der Waals surface area contributed by atoms with E-state index in [9.17, 15) is 19.2 Å². The summed E-state index contributed by atoms with van der Waals surface area (Å²) >= 11 is 1.24. The number of amides is 4. The van der Waals surface area contributed by atoms with E-state index in [1.54, 1.807) is 32.2 Å². The lowest BCUT2D eigenvalue weighted by Gasteiger charge is -2.29. The molecule has 0 fully saturated rings. The monoisotopic (exact) mass is 647 g/mol. The van der Waals surface area contributed by atoms with Gasteiger partial charge in [-0.15, -0.1) is 11.3 Å². The minimum atomic E-state index is -0.681. The lowest BCUT2D eigenvalue weighted by Crippen LogP contribution is -2.50. The summed E-state index contributed by atoms with van der Waals surface area (Å²) in [6, 6.07) is 9.42. The Labute approximate surface area is 270 Å². The number of hydrogen-bond acceptors (Lipinski definition) is 10. The zero-order valence-electron chi connectivity index (χ0n) is 26.3. The van der Waals surface area contributed by atoms with E-state index in [0.29, 0.717) is 28.6 Å². The van der Waals surface area contributed by atoms with E-state index in [0.717, 1.165) is 5.56 Å². The first-order valence-electron chi connectivity index (χ1n) is 15.0. The summed E-state index contributed by atoms with van der Waals surface area (Å²) in [5.74, 6) is -1.10. The topological polar surface area (TPSA) is 173 Å². The van der Waals surface area contributed by atoms with Crippen LogP contribution in [0.4, 0.5) is 0 Å². The maximum atomic E-state index is 13.7.